The van der Waals surface area contributed by atoms with Crippen molar-refractivity contribution in [3.8, 4) is 5.69 Å². The van der Waals surface area contributed by atoms with E-state index < -0.39 is 0 Å². The summed E-state index contributed by atoms with van der Waals surface area (Å²) < 4.78 is 17.6. The van der Waals surface area contributed by atoms with Crippen molar-refractivity contribution in [1.29, 1.82) is 0 Å². The number of halogens is 1. The summed E-state index contributed by atoms with van der Waals surface area (Å²) in [6.45, 7) is 1.95. The molecule has 0 spiro atoms. The van der Waals surface area contributed by atoms with Crippen LogP contribution in [0.2, 0.25) is 0 Å². The van der Waals surface area contributed by atoms with E-state index in [1.807, 2.05) is 30.9 Å². The Bertz CT molecular complexity index is 879. The first-order valence-electron chi connectivity index (χ1n) is 8.22. The topological polar surface area (TPSA) is 47.7 Å². The highest BCUT2D eigenvalue weighted by Crippen LogP contribution is 2.33. The normalized spacial score (nSPS) is 16.9. The Morgan fingerprint density at radius 1 is 1.21 bits per heavy atom. The van der Waals surface area contributed by atoms with Gasteiger partial charge in [0.2, 0.25) is 0 Å². The lowest BCUT2D eigenvalue weighted by atomic mass is 9.93. The van der Waals surface area contributed by atoms with Crippen LogP contribution in [0.3, 0.4) is 0 Å². The summed E-state index contributed by atoms with van der Waals surface area (Å²) in [6.07, 6.45) is 6.97. The number of aromatic nitrogens is 4. The number of para-hydroxylation sites is 1. The SMILES string of the molecule is Cc1c(N[C@@H]2CCCc3c2cnn3C)cnn1-c1ccccc1F. The lowest BCUT2D eigenvalue weighted by Crippen LogP contribution is -2.18. The Kier molecular flexibility index (Phi) is 3.59. The van der Waals surface area contributed by atoms with Crippen LogP contribution in [0.1, 0.15) is 35.8 Å². The van der Waals surface area contributed by atoms with Crippen LogP contribution in [-0.2, 0) is 13.5 Å². The molecule has 24 heavy (non-hydrogen) atoms. The van der Waals surface area contributed by atoms with Crippen molar-refractivity contribution in [1.82, 2.24) is 19.6 Å². The second-order valence-corrected chi connectivity index (χ2v) is 6.27. The smallest absolute Gasteiger partial charge is 0.148 e. The molecule has 2 heterocycles. The van der Waals surface area contributed by atoms with Crippen LogP contribution >= 0.6 is 0 Å². The summed E-state index contributed by atoms with van der Waals surface area (Å²) in [4.78, 5) is 0. The first-order chi connectivity index (χ1) is 11.6. The zero-order valence-corrected chi connectivity index (χ0v) is 13.8. The van der Waals surface area contributed by atoms with Crippen molar-refractivity contribution in [2.75, 3.05) is 5.32 Å². The minimum absolute atomic E-state index is 0.222. The monoisotopic (exact) mass is 325 g/mol. The molecule has 0 aliphatic heterocycles. The van der Waals surface area contributed by atoms with E-state index in [4.69, 9.17) is 0 Å². The Hall–Kier alpha value is -2.63. The molecule has 0 saturated heterocycles. The number of anilines is 1. The summed E-state index contributed by atoms with van der Waals surface area (Å²) in [6, 6.07) is 6.91. The highest BCUT2D eigenvalue weighted by atomic mass is 19.1. The maximum atomic E-state index is 14.0. The molecule has 0 unspecified atom stereocenters. The van der Waals surface area contributed by atoms with Crippen LogP contribution in [0.25, 0.3) is 5.69 Å². The van der Waals surface area contributed by atoms with Gasteiger partial charge in [-0.2, -0.15) is 10.2 Å². The minimum atomic E-state index is -0.275. The van der Waals surface area contributed by atoms with Gasteiger partial charge in [0.05, 0.1) is 29.8 Å². The van der Waals surface area contributed by atoms with Gasteiger partial charge in [-0.15, -0.1) is 0 Å². The third-order valence-electron chi connectivity index (χ3n) is 4.80. The van der Waals surface area contributed by atoms with E-state index in [1.165, 1.54) is 17.3 Å². The van der Waals surface area contributed by atoms with Crippen molar-refractivity contribution in [3.63, 3.8) is 0 Å². The number of benzene rings is 1. The molecule has 0 amide bonds. The molecule has 0 bridgehead atoms. The minimum Gasteiger partial charge on any atom is -0.375 e. The van der Waals surface area contributed by atoms with Gasteiger partial charge >= 0.3 is 0 Å². The standard InChI is InChI=1S/C18H20FN5/c1-12-16(11-21-24(12)18-8-4-3-6-14(18)19)22-15-7-5-9-17-13(15)10-20-23(17)2/h3-4,6,8,10-11,15,22H,5,7,9H2,1-2H3/t15-/m1/s1. The first kappa shape index (κ1) is 14.9. The molecule has 1 aliphatic carbocycles. The molecule has 3 aromatic rings. The molecule has 124 valence electrons. The number of hydrogen-bond donors (Lipinski definition) is 1. The fourth-order valence-corrected chi connectivity index (χ4v) is 3.46. The lowest BCUT2D eigenvalue weighted by molar-refractivity contribution is 0.571. The molecule has 1 aliphatic rings. The van der Waals surface area contributed by atoms with Gasteiger partial charge in [-0.25, -0.2) is 9.07 Å². The Balaban J connectivity index is 1.65. The van der Waals surface area contributed by atoms with E-state index in [0.29, 0.717) is 5.69 Å². The second kappa shape index (κ2) is 5.78. The van der Waals surface area contributed by atoms with Gasteiger partial charge in [0, 0.05) is 18.3 Å². The predicted octanol–water partition coefficient (Wildman–Crippen LogP) is 3.54. The van der Waals surface area contributed by atoms with E-state index >= 15 is 0 Å². The molecule has 1 N–H and O–H groups in total. The zero-order valence-electron chi connectivity index (χ0n) is 13.8. The average Bonchev–Trinajstić information content (AvgIpc) is 3.13. The van der Waals surface area contributed by atoms with Gasteiger partial charge in [0.25, 0.3) is 0 Å². The zero-order chi connectivity index (χ0) is 16.7. The van der Waals surface area contributed by atoms with E-state index in [9.17, 15) is 4.39 Å². The third-order valence-corrected chi connectivity index (χ3v) is 4.80. The Morgan fingerprint density at radius 2 is 2.04 bits per heavy atom. The van der Waals surface area contributed by atoms with E-state index in [0.717, 1.165) is 30.6 Å². The molecule has 0 radical (unpaired) electrons. The van der Waals surface area contributed by atoms with Crippen molar-refractivity contribution < 1.29 is 4.39 Å². The molecule has 5 nitrogen and oxygen atoms in total. The van der Waals surface area contributed by atoms with Crippen LogP contribution in [-0.4, -0.2) is 19.6 Å². The van der Waals surface area contributed by atoms with Gasteiger partial charge in [-0.3, -0.25) is 4.68 Å². The van der Waals surface area contributed by atoms with Gasteiger partial charge < -0.3 is 5.32 Å². The quantitative estimate of drug-likeness (QED) is 0.801. The van der Waals surface area contributed by atoms with E-state index in [1.54, 1.807) is 23.0 Å². The largest absolute Gasteiger partial charge is 0.375 e. The second-order valence-electron chi connectivity index (χ2n) is 6.27. The summed E-state index contributed by atoms with van der Waals surface area (Å²) >= 11 is 0. The number of aryl methyl sites for hydroxylation is 1. The van der Waals surface area contributed by atoms with Gasteiger partial charge in [-0.1, -0.05) is 12.1 Å². The van der Waals surface area contributed by atoms with Crippen LogP contribution in [0.15, 0.2) is 36.7 Å². The fraction of sp³-hybridized carbons (Fsp3) is 0.333. The molecule has 4 rings (SSSR count). The predicted molar refractivity (Wildman–Crippen MR) is 90.8 cm³/mol. The molecule has 6 heteroatoms. The third kappa shape index (κ3) is 2.38. The van der Waals surface area contributed by atoms with Gasteiger partial charge in [-0.05, 0) is 38.3 Å². The molecule has 0 fully saturated rings. The van der Waals surface area contributed by atoms with Crippen molar-refractivity contribution >= 4 is 5.69 Å². The summed E-state index contributed by atoms with van der Waals surface area (Å²) in [7, 11) is 1.99. The number of hydrogen-bond acceptors (Lipinski definition) is 3. The van der Waals surface area contributed by atoms with Gasteiger partial charge in [0.1, 0.15) is 11.5 Å². The summed E-state index contributed by atoms with van der Waals surface area (Å²) in [5.41, 5.74) is 4.84. The maximum absolute atomic E-state index is 14.0. The summed E-state index contributed by atoms with van der Waals surface area (Å²) in [5.74, 6) is -0.275. The molecule has 1 aromatic carbocycles. The number of fused-ring (bicyclic) bond motifs is 1. The number of nitrogens with one attached hydrogen (secondary N) is 1. The van der Waals surface area contributed by atoms with E-state index in [-0.39, 0.29) is 11.9 Å². The van der Waals surface area contributed by atoms with Gasteiger partial charge in [0.15, 0.2) is 0 Å². The number of rotatable bonds is 3. The van der Waals surface area contributed by atoms with Crippen molar-refractivity contribution in [3.05, 3.63) is 59.4 Å². The lowest BCUT2D eigenvalue weighted by Gasteiger charge is -2.24. The fourth-order valence-electron chi connectivity index (χ4n) is 3.46. The first-order valence-corrected chi connectivity index (χ1v) is 8.22. The molecule has 1 atom stereocenters. The molecule has 0 saturated carbocycles. The van der Waals surface area contributed by atoms with Crippen LogP contribution in [0.4, 0.5) is 10.1 Å². The van der Waals surface area contributed by atoms with E-state index in [2.05, 4.69) is 15.5 Å². The Morgan fingerprint density at radius 3 is 2.88 bits per heavy atom. The highest BCUT2D eigenvalue weighted by molar-refractivity contribution is 5.51. The molecular weight excluding hydrogens is 305 g/mol. The summed E-state index contributed by atoms with van der Waals surface area (Å²) in [5, 5.41) is 12.3. The van der Waals surface area contributed by atoms with Crippen molar-refractivity contribution in [2.24, 2.45) is 7.05 Å². The Labute approximate surface area is 140 Å². The highest BCUT2D eigenvalue weighted by Gasteiger charge is 2.24. The van der Waals surface area contributed by atoms with Crippen LogP contribution in [0.5, 0.6) is 0 Å². The van der Waals surface area contributed by atoms with Crippen molar-refractivity contribution in [2.45, 2.75) is 32.2 Å². The maximum Gasteiger partial charge on any atom is 0.148 e. The average molecular weight is 325 g/mol. The van der Waals surface area contributed by atoms with Crippen LogP contribution < -0.4 is 5.32 Å². The molecular formula is C18H20FN5. The molecule has 2 aromatic heterocycles. The number of nitrogens with zero attached hydrogens (tertiary/aromatic N) is 4. The van der Waals surface area contributed by atoms with Crippen LogP contribution in [0, 0.1) is 12.7 Å².